The Bertz CT molecular complexity index is 682. The second-order valence-electron chi connectivity index (χ2n) is 7.11. The Kier molecular flexibility index (Phi) is 6.23. The Balaban J connectivity index is 2.01. The molecule has 0 bridgehead atoms. The molecule has 5 heteroatoms. The van der Waals surface area contributed by atoms with Crippen LogP contribution in [0.25, 0.3) is 0 Å². The van der Waals surface area contributed by atoms with Gasteiger partial charge < -0.3 is 5.11 Å². The maximum atomic E-state index is 12.9. The van der Waals surface area contributed by atoms with Crippen molar-refractivity contribution in [2.75, 3.05) is 26.2 Å². The standard InChI is InChI=1S/C19H29NO3S/c1-16-10-13-20(14-17(16)2)12-7-11-19(3,15-21)24(22,23)18-8-5-4-6-9-18/h4-6,8-9,21H,7,10-15H2,1-3H3. The maximum absolute atomic E-state index is 12.9. The van der Waals surface area contributed by atoms with Crippen LogP contribution in [-0.4, -0.2) is 49.4 Å². The van der Waals surface area contributed by atoms with Gasteiger partial charge in [0.15, 0.2) is 9.84 Å². The first-order chi connectivity index (χ1) is 11.3. The van der Waals surface area contributed by atoms with Crippen molar-refractivity contribution in [1.29, 1.82) is 0 Å². The van der Waals surface area contributed by atoms with Crippen molar-refractivity contribution in [3.05, 3.63) is 41.5 Å². The van der Waals surface area contributed by atoms with E-state index in [1.807, 2.05) is 0 Å². The average molecular weight is 352 g/mol. The van der Waals surface area contributed by atoms with Crippen molar-refractivity contribution in [3.8, 4) is 0 Å². The van der Waals surface area contributed by atoms with Gasteiger partial charge in [-0.05, 0) is 58.7 Å². The molecule has 1 aliphatic heterocycles. The zero-order valence-electron chi connectivity index (χ0n) is 15.0. The van der Waals surface area contributed by atoms with Gasteiger partial charge in [-0.1, -0.05) is 29.3 Å². The third-order valence-electron chi connectivity index (χ3n) is 5.21. The number of benzene rings is 1. The third-order valence-corrected chi connectivity index (χ3v) is 7.73. The summed E-state index contributed by atoms with van der Waals surface area (Å²) in [4.78, 5) is 2.66. The van der Waals surface area contributed by atoms with Crippen LogP contribution in [0.5, 0.6) is 0 Å². The van der Waals surface area contributed by atoms with Crippen LogP contribution in [0.2, 0.25) is 0 Å². The molecule has 0 saturated heterocycles. The lowest BCUT2D eigenvalue weighted by molar-refractivity contribution is 0.226. The van der Waals surface area contributed by atoms with E-state index in [2.05, 4.69) is 18.7 Å². The first-order valence-electron chi connectivity index (χ1n) is 8.58. The molecule has 24 heavy (non-hydrogen) atoms. The summed E-state index contributed by atoms with van der Waals surface area (Å²) in [6, 6.07) is 8.44. The monoisotopic (exact) mass is 351 g/mol. The van der Waals surface area contributed by atoms with E-state index in [0.29, 0.717) is 6.42 Å². The summed E-state index contributed by atoms with van der Waals surface area (Å²) in [6.45, 7) is 8.51. The second kappa shape index (κ2) is 7.81. The molecule has 1 aromatic carbocycles. The number of aliphatic hydroxyl groups excluding tert-OH is 1. The predicted octanol–water partition coefficient (Wildman–Crippen LogP) is 3.03. The van der Waals surface area contributed by atoms with Crippen molar-refractivity contribution >= 4 is 9.84 Å². The number of nitrogens with zero attached hydrogens (tertiary/aromatic N) is 1. The van der Waals surface area contributed by atoms with Crippen molar-refractivity contribution in [2.24, 2.45) is 0 Å². The lowest BCUT2D eigenvalue weighted by Gasteiger charge is -2.31. The van der Waals surface area contributed by atoms with Crippen LogP contribution < -0.4 is 0 Å². The molecule has 134 valence electrons. The van der Waals surface area contributed by atoms with E-state index >= 15 is 0 Å². The Morgan fingerprint density at radius 2 is 1.83 bits per heavy atom. The lowest BCUT2D eigenvalue weighted by Crippen LogP contribution is -2.40. The molecule has 1 heterocycles. The zero-order valence-corrected chi connectivity index (χ0v) is 15.8. The molecule has 0 spiro atoms. The minimum Gasteiger partial charge on any atom is -0.395 e. The highest BCUT2D eigenvalue weighted by atomic mass is 32.2. The highest BCUT2D eigenvalue weighted by molar-refractivity contribution is 7.92. The van der Waals surface area contributed by atoms with Crippen LogP contribution in [0.15, 0.2) is 46.4 Å². The van der Waals surface area contributed by atoms with Gasteiger partial charge in [0.25, 0.3) is 0 Å². The Hall–Kier alpha value is -1.17. The van der Waals surface area contributed by atoms with Gasteiger partial charge in [0.1, 0.15) is 0 Å². The van der Waals surface area contributed by atoms with Crippen LogP contribution in [-0.2, 0) is 9.84 Å². The summed E-state index contributed by atoms with van der Waals surface area (Å²) in [5.74, 6) is 0. The topological polar surface area (TPSA) is 57.6 Å². The van der Waals surface area contributed by atoms with Crippen molar-refractivity contribution in [3.63, 3.8) is 0 Å². The van der Waals surface area contributed by atoms with E-state index < -0.39 is 14.6 Å². The number of hydrogen-bond donors (Lipinski definition) is 1. The van der Waals surface area contributed by atoms with Crippen LogP contribution in [0.4, 0.5) is 0 Å². The van der Waals surface area contributed by atoms with Crippen LogP contribution in [0, 0.1) is 0 Å². The van der Waals surface area contributed by atoms with Gasteiger partial charge in [-0.25, -0.2) is 8.42 Å². The normalized spacial score (nSPS) is 19.3. The van der Waals surface area contributed by atoms with Crippen molar-refractivity contribution < 1.29 is 13.5 Å². The minimum atomic E-state index is -3.55. The summed E-state index contributed by atoms with van der Waals surface area (Å²) < 4.78 is 24.6. The van der Waals surface area contributed by atoms with E-state index in [-0.39, 0.29) is 11.5 Å². The second-order valence-corrected chi connectivity index (χ2v) is 9.58. The Morgan fingerprint density at radius 1 is 1.17 bits per heavy atom. The first kappa shape index (κ1) is 19.2. The van der Waals surface area contributed by atoms with Gasteiger partial charge >= 0.3 is 0 Å². The third kappa shape index (κ3) is 4.08. The van der Waals surface area contributed by atoms with E-state index in [1.165, 1.54) is 11.1 Å². The van der Waals surface area contributed by atoms with Crippen LogP contribution in [0.1, 0.15) is 40.0 Å². The molecule has 2 rings (SSSR count). The first-order valence-corrected chi connectivity index (χ1v) is 10.1. The maximum Gasteiger partial charge on any atom is 0.186 e. The molecule has 0 fully saturated rings. The van der Waals surface area contributed by atoms with Gasteiger partial charge in [0.2, 0.25) is 0 Å². The number of aliphatic hydroxyl groups is 1. The highest BCUT2D eigenvalue weighted by Crippen LogP contribution is 2.30. The van der Waals surface area contributed by atoms with E-state index in [1.54, 1.807) is 37.3 Å². The molecule has 4 nitrogen and oxygen atoms in total. The summed E-state index contributed by atoms with van der Waals surface area (Å²) >= 11 is 0. The molecule has 1 aromatic rings. The summed E-state index contributed by atoms with van der Waals surface area (Å²) in [5.41, 5.74) is 2.89. The fourth-order valence-electron chi connectivity index (χ4n) is 3.14. The van der Waals surface area contributed by atoms with Crippen molar-refractivity contribution in [2.45, 2.75) is 49.7 Å². The Morgan fingerprint density at radius 3 is 2.42 bits per heavy atom. The quantitative estimate of drug-likeness (QED) is 0.767. The smallest absolute Gasteiger partial charge is 0.186 e. The number of sulfone groups is 1. The highest BCUT2D eigenvalue weighted by Gasteiger charge is 2.39. The van der Waals surface area contributed by atoms with E-state index in [4.69, 9.17) is 0 Å². The Labute approximate surface area is 146 Å². The van der Waals surface area contributed by atoms with Gasteiger partial charge in [-0.3, -0.25) is 4.90 Å². The van der Waals surface area contributed by atoms with Gasteiger partial charge in [0.05, 0.1) is 16.2 Å². The molecule has 1 atom stereocenters. The molecule has 0 aromatic heterocycles. The molecule has 1 N–H and O–H groups in total. The molecule has 0 saturated carbocycles. The molecular formula is C19H29NO3S. The van der Waals surface area contributed by atoms with Crippen LogP contribution >= 0.6 is 0 Å². The van der Waals surface area contributed by atoms with Gasteiger partial charge in [0, 0.05) is 13.1 Å². The summed E-state index contributed by atoms with van der Waals surface area (Å²) in [6.07, 6.45) is 2.31. The predicted molar refractivity (Wildman–Crippen MR) is 97.8 cm³/mol. The average Bonchev–Trinajstić information content (AvgIpc) is 2.58. The molecule has 0 amide bonds. The zero-order chi connectivity index (χ0) is 17.8. The molecular weight excluding hydrogens is 322 g/mol. The molecule has 0 radical (unpaired) electrons. The van der Waals surface area contributed by atoms with E-state index in [9.17, 15) is 13.5 Å². The number of hydrogen-bond acceptors (Lipinski definition) is 4. The fourth-order valence-corrected chi connectivity index (χ4v) is 4.81. The summed E-state index contributed by atoms with van der Waals surface area (Å²) in [5, 5.41) is 9.80. The van der Waals surface area contributed by atoms with Crippen LogP contribution in [0.3, 0.4) is 0 Å². The molecule has 0 aliphatic carbocycles. The molecule has 1 unspecified atom stereocenters. The fraction of sp³-hybridized carbons (Fsp3) is 0.579. The minimum absolute atomic E-state index is 0.286. The summed E-state index contributed by atoms with van der Waals surface area (Å²) in [7, 11) is -3.55. The SMILES string of the molecule is CC1=C(C)CN(CCCC(C)(CO)S(=O)(=O)c2ccccc2)CC1. The van der Waals surface area contributed by atoms with Gasteiger partial charge in [-0.2, -0.15) is 0 Å². The lowest BCUT2D eigenvalue weighted by atomic mass is 10.0. The van der Waals surface area contributed by atoms with Crippen molar-refractivity contribution in [1.82, 2.24) is 4.90 Å². The number of rotatable bonds is 7. The van der Waals surface area contributed by atoms with E-state index in [0.717, 1.165) is 32.5 Å². The largest absolute Gasteiger partial charge is 0.395 e. The van der Waals surface area contributed by atoms with Gasteiger partial charge in [-0.15, -0.1) is 0 Å². The molecule has 1 aliphatic rings.